The third-order valence-electron chi connectivity index (χ3n) is 4.26. The van der Waals surface area contributed by atoms with E-state index >= 15 is 0 Å². The first-order chi connectivity index (χ1) is 14.3. The normalized spacial score (nSPS) is 11.6. The highest BCUT2D eigenvalue weighted by Gasteiger charge is 2.27. The molecule has 0 fully saturated rings. The van der Waals surface area contributed by atoms with Crippen LogP contribution in [0.15, 0.2) is 70.0 Å². The number of rotatable bonds is 7. The van der Waals surface area contributed by atoms with Gasteiger partial charge in [-0.05, 0) is 55.1 Å². The van der Waals surface area contributed by atoms with Crippen LogP contribution in [-0.2, 0) is 14.8 Å². The van der Waals surface area contributed by atoms with Gasteiger partial charge in [-0.3, -0.25) is 9.10 Å². The Balaban J connectivity index is 1.90. The van der Waals surface area contributed by atoms with E-state index in [-0.39, 0.29) is 4.90 Å². The zero-order valence-electron chi connectivity index (χ0n) is 16.4. The minimum Gasteiger partial charge on any atom is -0.271 e. The fourth-order valence-electron chi connectivity index (χ4n) is 2.59. The zero-order valence-corrected chi connectivity index (χ0v) is 18.8. The largest absolute Gasteiger partial charge is 0.271 e. The van der Waals surface area contributed by atoms with Crippen LogP contribution in [0, 0.1) is 13.8 Å². The van der Waals surface area contributed by atoms with Gasteiger partial charge >= 0.3 is 0 Å². The van der Waals surface area contributed by atoms with Gasteiger partial charge in [-0.25, -0.2) is 13.8 Å². The van der Waals surface area contributed by atoms with Crippen molar-refractivity contribution in [3.05, 3.63) is 81.0 Å². The number of carbonyl (C=O) groups is 1. The van der Waals surface area contributed by atoms with E-state index in [0.717, 1.165) is 20.3 Å². The molecule has 1 aromatic heterocycles. The van der Waals surface area contributed by atoms with Crippen molar-refractivity contribution in [3.8, 4) is 0 Å². The van der Waals surface area contributed by atoms with Crippen molar-refractivity contribution in [2.45, 2.75) is 18.7 Å². The van der Waals surface area contributed by atoms with E-state index in [0.29, 0.717) is 10.7 Å². The van der Waals surface area contributed by atoms with Crippen molar-refractivity contribution < 1.29 is 13.2 Å². The SMILES string of the molecule is Cc1ccc(S(=O)(=O)N(CC(=O)N/N=C\c2cccs2)c2ccc(C)c(Cl)c2)cc1. The molecule has 0 spiro atoms. The number of aryl methyl sites for hydroxylation is 2. The third-order valence-corrected chi connectivity index (χ3v) is 7.27. The average Bonchev–Trinajstić information content (AvgIpc) is 3.22. The summed E-state index contributed by atoms with van der Waals surface area (Å²) in [5, 5.41) is 6.20. The Kier molecular flexibility index (Phi) is 6.91. The number of carbonyl (C=O) groups excluding carboxylic acids is 1. The maximum absolute atomic E-state index is 13.3. The lowest BCUT2D eigenvalue weighted by molar-refractivity contribution is -0.119. The van der Waals surface area contributed by atoms with E-state index in [9.17, 15) is 13.2 Å². The second-order valence-electron chi connectivity index (χ2n) is 6.57. The monoisotopic (exact) mass is 461 g/mol. The van der Waals surface area contributed by atoms with E-state index in [4.69, 9.17) is 11.6 Å². The number of halogens is 1. The Labute approximate surface area is 184 Å². The van der Waals surface area contributed by atoms with Crippen LogP contribution < -0.4 is 9.73 Å². The number of hydrazone groups is 1. The number of anilines is 1. The summed E-state index contributed by atoms with van der Waals surface area (Å²) in [6.45, 7) is 3.24. The summed E-state index contributed by atoms with van der Waals surface area (Å²) in [5.41, 5.74) is 4.41. The van der Waals surface area contributed by atoms with Crippen molar-refractivity contribution in [3.63, 3.8) is 0 Å². The van der Waals surface area contributed by atoms with Crippen LogP contribution in [0.25, 0.3) is 0 Å². The van der Waals surface area contributed by atoms with Gasteiger partial charge in [0.05, 0.1) is 16.8 Å². The van der Waals surface area contributed by atoms with Gasteiger partial charge in [0.1, 0.15) is 6.54 Å². The summed E-state index contributed by atoms with van der Waals surface area (Å²) in [6, 6.07) is 15.0. The molecule has 1 N–H and O–H groups in total. The van der Waals surface area contributed by atoms with Crippen LogP contribution in [0.1, 0.15) is 16.0 Å². The Morgan fingerprint density at radius 2 is 1.90 bits per heavy atom. The number of sulfonamides is 1. The van der Waals surface area contributed by atoms with Gasteiger partial charge in [0.2, 0.25) is 0 Å². The molecule has 3 aromatic rings. The predicted molar refractivity (Wildman–Crippen MR) is 122 cm³/mol. The molecule has 0 bridgehead atoms. The summed E-state index contributed by atoms with van der Waals surface area (Å²) in [7, 11) is -4.00. The summed E-state index contributed by atoms with van der Waals surface area (Å²) < 4.78 is 27.6. The number of benzene rings is 2. The smallest absolute Gasteiger partial charge is 0.264 e. The topological polar surface area (TPSA) is 78.8 Å². The molecule has 6 nitrogen and oxygen atoms in total. The lowest BCUT2D eigenvalue weighted by Crippen LogP contribution is -2.39. The fraction of sp³-hybridized carbons (Fsp3) is 0.143. The van der Waals surface area contributed by atoms with Crippen molar-refractivity contribution in [2.75, 3.05) is 10.8 Å². The number of hydrogen-bond donors (Lipinski definition) is 1. The molecule has 0 aliphatic rings. The highest BCUT2D eigenvalue weighted by molar-refractivity contribution is 7.92. The van der Waals surface area contributed by atoms with E-state index in [2.05, 4.69) is 10.5 Å². The van der Waals surface area contributed by atoms with Crippen molar-refractivity contribution in [1.29, 1.82) is 0 Å². The summed E-state index contributed by atoms with van der Waals surface area (Å²) in [4.78, 5) is 13.4. The van der Waals surface area contributed by atoms with Crippen LogP contribution in [-0.4, -0.2) is 27.1 Å². The quantitative estimate of drug-likeness (QED) is 0.419. The molecule has 1 heterocycles. The van der Waals surface area contributed by atoms with Gasteiger partial charge in [0.25, 0.3) is 15.9 Å². The first kappa shape index (κ1) is 22.0. The highest BCUT2D eigenvalue weighted by atomic mass is 35.5. The Morgan fingerprint density at radius 1 is 1.17 bits per heavy atom. The molecule has 0 saturated heterocycles. The van der Waals surface area contributed by atoms with E-state index in [1.54, 1.807) is 24.3 Å². The molecule has 0 radical (unpaired) electrons. The van der Waals surface area contributed by atoms with Gasteiger partial charge in [0.15, 0.2) is 0 Å². The van der Waals surface area contributed by atoms with Gasteiger partial charge < -0.3 is 0 Å². The lowest BCUT2D eigenvalue weighted by Gasteiger charge is -2.24. The van der Waals surface area contributed by atoms with Crippen molar-refractivity contribution >= 4 is 50.8 Å². The standard InChI is InChI=1S/C21H20ClN3O3S2/c1-15-5-9-19(10-6-15)30(27,28)25(17-8-7-16(2)20(22)12-17)14-21(26)24-23-13-18-4-3-11-29-18/h3-13H,14H2,1-2H3,(H,24,26)/b23-13-. The first-order valence-electron chi connectivity index (χ1n) is 8.98. The molecule has 0 unspecified atom stereocenters. The maximum Gasteiger partial charge on any atom is 0.264 e. The molecular weight excluding hydrogens is 442 g/mol. The average molecular weight is 462 g/mol. The molecular formula is C21H20ClN3O3S2. The molecule has 1 amide bonds. The first-order valence-corrected chi connectivity index (χ1v) is 11.7. The molecule has 3 rings (SSSR count). The second-order valence-corrected chi connectivity index (χ2v) is 9.82. The van der Waals surface area contributed by atoms with E-state index < -0.39 is 22.5 Å². The van der Waals surface area contributed by atoms with Crippen LogP contribution in [0.3, 0.4) is 0 Å². The molecule has 0 aliphatic heterocycles. The van der Waals surface area contributed by atoms with Crippen LogP contribution in [0.5, 0.6) is 0 Å². The third kappa shape index (κ3) is 5.27. The number of nitrogens with one attached hydrogen (secondary N) is 1. The number of hydrogen-bond acceptors (Lipinski definition) is 5. The van der Waals surface area contributed by atoms with Gasteiger partial charge in [-0.1, -0.05) is 41.4 Å². The molecule has 2 aromatic carbocycles. The molecule has 30 heavy (non-hydrogen) atoms. The van der Waals surface area contributed by atoms with Crippen molar-refractivity contribution in [2.24, 2.45) is 5.10 Å². The summed E-state index contributed by atoms with van der Waals surface area (Å²) in [5.74, 6) is -0.574. The van der Waals surface area contributed by atoms with E-state index in [1.165, 1.54) is 35.8 Å². The lowest BCUT2D eigenvalue weighted by atomic mass is 10.2. The van der Waals surface area contributed by atoms with Crippen LogP contribution in [0.2, 0.25) is 5.02 Å². The second kappa shape index (κ2) is 9.42. The summed E-state index contributed by atoms with van der Waals surface area (Å²) in [6.07, 6.45) is 1.50. The molecule has 0 atom stereocenters. The Morgan fingerprint density at radius 3 is 2.53 bits per heavy atom. The molecule has 0 saturated carbocycles. The fourth-order valence-corrected chi connectivity index (χ4v) is 4.76. The Hall–Kier alpha value is -2.68. The summed E-state index contributed by atoms with van der Waals surface area (Å²) >= 11 is 7.68. The van der Waals surface area contributed by atoms with Crippen LogP contribution in [0.4, 0.5) is 5.69 Å². The number of amides is 1. The molecule has 156 valence electrons. The molecule has 9 heteroatoms. The van der Waals surface area contributed by atoms with Gasteiger partial charge in [0, 0.05) is 9.90 Å². The highest BCUT2D eigenvalue weighted by Crippen LogP contribution is 2.28. The number of thiophene rings is 1. The van der Waals surface area contributed by atoms with Crippen LogP contribution >= 0.6 is 22.9 Å². The minimum absolute atomic E-state index is 0.0830. The predicted octanol–water partition coefficient (Wildman–Crippen LogP) is 4.36. The molecule has 0 aliphatic carbocycles. The number of nitrogens with zero attached hydrogens (tertiary/aromatic N) is 2. The maximum atomic E-state index is 13.3. The van der Waals surface area contributed by atoms with Gasteiger partial charge in [-0.2, -0.15) is 5.10 Å². The van der Waals surface area contributed by atoms with Crippen molar-refractivity contribution in [1.82, 2.24) is 5.43 Å². The minimum atomic E-state index is -4.00. The van der Waals surface area contributed by atoms with Gasteiger partial charge in [-0.15, -0.1) is 11.3 Å². The Bertz CT molecular complexity index is 1160. The zero-order chi connectivity index (χ0) is 21.7. The van der Waals surface area contributed by atoms with E-state index in [1.807, 2.05) is 31.4 Å².